The molecule has 0 bridgehead atoms. The molecule has 2 aliphatic carbocycles. The van der Waals surface area contributed by atoms with Gasteiger partial charge in [-0.15, -0.1) is 0 Å². The van der Waals surface area contributed by atoms with Gasteiger partial charge in [0.25, 0.3) is 0 Å². The summed E-state index contributed by atoms with van der Waals surface area (Å²) in [5.74, 6) is 0.0933. The molecule has 1 N–H and O–H groups in total. The van der Waals surface area contributed by atoms with Crippen LogP contribution in [0, 0.1) is 0 Å². The van der Waals surface area contributed by atoms with E-state index in [0.717, 1.165) is 24.8 Å². The first-order valence-corrected chi connectivity index (χ1v) is 7.29. The Morgan fingerprint density at radius 1 is 1.20 bits per heavy atom. The van der Waals surface area contributed by atoms with Crippen LogP contribution in [0.3, 0.4) is 0 Å². The molecule has 0 heterocycles. The minimum Gasteiger partial charge on any atom is -0.445 e. The number of carbonyl (C=O) groups excluding carboxylic acids is 2. The summed E-state index contributed by atoms with van der Waals surface area (Å²) < 4.78 is 5.17. The average Bonchev–Trinajstić information content (AvgIpc) is 2.49. The van der Waals surface area contributed by atoms with E-state index >= 15 is 0 Å². The number of ether oxygens (including phenoxy) is 1. The Labute approximate surface area is 118 Å². The van der Waals surface area contributed by atoms with Crippen LogP contribution in [-0.4, -0.2) is 17.9 Å². The van der Waals surface area contributed by atoms with Crippen LogP contribution in [0.1, 0.15) is 42.4 Å². The summed E-state index contributed by atoms with van der Waals surface area (Å²) in [6.45, 7) is 0.264. The molecule has 4 heteroatoms. The highest BCUT2D eigenvalue weighted by atomic mass is 16.5. The predicted molar refractivity (Wildman–Crippen MR) is 74.4 cm³/mol. The Kier molecular flexibility index (Phi) is 3.72. The minimum atomic E-state index is -0.499. The highest BCUT2D eigenvalue weighted by molar-refractivity contribution is 5.92. The Balaban J connectivity index is 1.52. The maximum absolute atomic E-state index is 11.6. The Bertz CT molecular complexity index is 539. The Morgan fingerprint density at radius 3 is 2.70 bits per heavy atom. The maximum Gasteiger partial charge on any atom is 0.408 e. The molecule has 3 rings (SSSR count). The lowest BCUT2D eigenvalue weighted by atomic mass is 9.90. The summed E-state index contributed by atoms with van der Waals surface area (Å²) in [6, 6.07) is 5.97. The van der Waals surface area contributed by atoms with E-state index in [1.807, 2.05) is 6.07 Å². The summed E-state index contributed by atoms with van der Waals surface area (Å²) in [5.41, 5.74) is 3.82. The average molecular weight is 273 g/mol. The lowest BCUT2D eigenvalue weighted by molar-refractivity contribution is -0.126. The summed E-state index contributed by atoms with van der Waals surface area (Å²) in [6.07, 6.45) is 5.57. The van der Waals surface area contributed by atoms with E-state index in [0.29, 0.717) is 6.42 Å². The molecular weight excluding hydrogens is 254 g/mol. The molecular formula is C16H19NO3. The molecule has 0 aliphatic heterocycles. The normalized spacial score (nSPS) is 20.8. The van der Waals surface area contributed by atoms with Crippen molar-refractivity contribution in [3.8, 4) is 0 Å². The van der Waals surface area contributed by atoms with Gasteiger partial charge in [0.1, 0.15) is 6.61 Å². The molecule has 0 unspecified atom stereocenters. The van der Waals surface area contributed by atoms with Crippen molar-refractivity contribution < 1.29 is 14.3 Å². The smallest absolute Gasteiger partial charge is 0.408 e. The molecule has 0 radical (unpaired) electrons. The molecule has 1 aromatic carbocycles. The van der Waals surface area contributed by atoms with Crippen molar-refractivity contribution in [2.45, 2.75) is 51.2 Å². The number of benzene rings is 1. The zero-order chi connectivity index (χ0) is 13.9. The summed E-state index contributed by atoms with van der Waals surface area (Å²) in [7, 11) is 0. The third kappa shape index (κ3) is 2.84. The van der Waals surface area contributed by atoms with E-state index < -0.39 is 6.09 Å². The molecule has 2 aliphatic rings. The van der Waals surface area contributed by atoms with Crippen LogP contribution in [-0.2, 0) is 29.0 Å². The van der Waals surface area contributed by atoms with Crippen molar-refractivity contribution >= 4 is 11.9 Å². The van der Waals surface area contributed by atoms with Gasteiger partial charge in [-0.1, -0.05) is 18.2 Å². The zero-order valence-electron chi connectivity index (χ0n) is 11.5. The number of rotatable bonds is 3. The second-order valence-electron chi connectivity index (χ2n) is 5.59. The third-order valence-electron chi connectivity index (χ3n) is 4.14. The molecule has 0 saturated heterocycles. The van der Waals surface area contributed by atoms with Gasteiger partial charge in [-0.25, -0.2) is 4.79 Å². The van der Waals surface area contributed by atoms with Gasteiger partial charge in [0.15, 0.2) is 5.78 Å². The van der Waals surface area contributed by atoms with Gasteiger partial charge >= 0.3 is 6.09 Å². The Hall–Kier alpha value is -1.84. The number of aryl methyl sites for hydroxylation is 2. The summed E-state index contributed by atoms with van der Waals surface area (Å²) >= 11 is 0. The first kappa shape index (κ1) is 13.2. The highest BCUT2D eigenvalue weighted by Gasteiger charge is 2.29. The lowest BCUT2D eigenvalue weighted by Crippen LogP contribution is -2.47. The first-order chi connectivity index (χ1) is 9.72. The van der Waals surface area contributed by atoms with E-state index in [1.165, 1.54) is 24.0 Å². The topological polar surface area (TPSA) is 55.4 Å². The van der Waals surface area contributed by atoms with Crippen LogP contribution in [0.25, 0.3) is 0 Å². The van der Waals surface area contributed by atoms with E-state index in [4.69, 9.17) is 4.74 Å². The predicted octanol–water partition coefficient (Wildman–Crippen LogP) is 2.52. The van der Waals surface area contributed by atoms with Gasteiger partial charge in [-0.05, 0) is 48.8 Å². The van der Waals surface area contributed by atoms with Gasteiger partial charge in [0.05, 0.1) is 6.04 Å². The highest BCUT2D eigenvalue weighted by Crippen LogP contribution is 2.22. The van der Waals surface area contributed by atoms with Crippen molar-refractivity contribution in [3.63, 3.8) is 0 Å². The number of ketones is 1. The number of fused-ring (bicyclic) bond motifs is 1. The van der Waals surface area contributed by atoms with Crippen LogP contribution in [0.2, 0.25) is 0 Å². The van der Waals surface area contributed by atoms with Gasteiger partial charge < -0.3 is 10.1 Å². The largest absolute Gasteiger partial charge is 0.445 e. The van der Waals surface area contributed by atoms with Crippen molar-refractivity contribution in [1.29, 1.82) is 0 Å². The van der Waals surface area contributed by atoms with Crippen LogP contribution < -0.4 is 5.32 Å². The molecule has 106 valence electrons. The number of nitrogens with one attached hydrogen (secondary N) is 1. The number of alkyl carbamates (subject to hydrolysis) is 1. The second-order valence-corrected chi connectivity index (χ2v) is 5.59. The fourth-order valence-electron chi connectivity index (χ4n) is 2.77. The van der Waals surface area contributed by atoms with Crippen LogP contribution >= 0.6 is 0 Å². The molecule has 1 aromatic rings. The summed E-state index contributed by atoms with van der Waals surface area (Å²) in [5, 5.41) is 2.59. The number of amides is 1. The first-order valence-electron chi connectivity index (χ1n) is 7.29. The molecule has 1 saturated carbocycles. The SMILES string of the molecule is O=C(N[C@H]1CCC1=O)OCc1ccc2c(c1)CCCC2. The van der Waals surface area contributed by atoms with Crippen molar-refractivity contribution in [1.82, 2.24) is 5.32 Å². The number of hydrogen-bond donors (Lipinski definition) is 1. The zero-order valence-corrected chi connectivity index (χ0v) is 11.5. The fourth-order valence-corrected chi connectivity index (χ4v) is 2.77. The Morgan fingerprint density at radius 2 is 2.00 bits per heavy atom. The number of Topliss-reactive ketones (excluding diaryl/α,β-unsaturated/α-hetero) is 1. The lowest BCUT2D eigenvalue weighted by Gasteiger charge is -2.24. The maximum atomic E-state index is 11.6. The molecule has 1 fully saturated rings. The van der Waals surface area contributed by atoms with Gasteiger partial charge in [-0.3, -0.25) is 4.79 Å². The minimum absolute atomic E-state index is 0.0933. The van der Waals surface area contributed by atoms with Crippen LogP contribution in [0.4, 0.5) is 4.79 Å². The van der Waals surface area contributed by atoms with Crippen molar-refractivity contribution in [3.05, 3.63) is 34.9 Å². The molecule has 0 aromatic heterocycles. The standard InChI is InChI=1S/C16H19NO3/c18-15-8-7-14(15)17-16(19)20-10-11-5-6-12-3-1-2-4-13(12)9-11/h5-6,9,14H,1-4,7-8,10H2,(H,17,19)/t14-/m0/s1. The second kappa shape index (κ2) is 5.65. The molecule has 0 spiro atoms. The molecule has 20 heavy (non-hydrogen) atoms. The van der Waals surface area contributed by atoms with Gasteiger partial charge in [-0.2, -0.15) is 0 Å². The van der Waals surface area contributed by atoms with E-state index in [-0.39, 0.29) is 18.4 Å². The van der Waals surface area contributed by atoms with Gasteiger partial charge in [0, 0.05) is 6.42 Å². The molecule has 4 nitrogen and oxygen atoms in total. The molecule has 1 atom stereocenters. The van der Waals surface area contributed by atoms with E-state index in [1.54, 1.807) is 0 Å². The van der Waals surface area contributed by atoms with E-state index in [9.17, 15) is 9.59 Å². The number of carbonyl (C=O) groups is 2. The van der Waals surface area contributed by atoms with Crippen molar-refractivity contribution in [2.75, 3.05) is 0 Å². The van der Waals surface area contributed by atoms with Crippen LogP contribution in [0.15, 0.2) is 18.2 Å². The third-order valence-corrected chi connectivity index (χ3v) is 4.14. The monoisotopic (exact) mass is 273 g/mol. The van der Waals surface area contributed by atoms with Gasteiger partial charge in [0.2, 0.25) is 0 Å². The van der Waals surface area contributed by atoms with E-state index in [2.05, 4.69) is 17.4 Å². The quantitative estimate of drug-likeness (QED) is 0.920. The summed E-state index contributed by atoms with van der Waals surface area (Å²) in [4.78, 5) is 22.7. The number of hydrogen-bond acceptors (Lipinski definition) is 3. The van der Waals surface area contributed by atoms with Crippen molar-refractivity contribution in [2.24, 2.45) is 0 Å². The molecule has 1 amide bonds. The van der Waals surface area contributed by atoms with Crippen LogP contribution in [0.5, 0.6) is 0 Å². The fraction of sp³-hybridized carbons (Fsp3) is 0.500.